The van der Waals surface area contributed by atoms with E-state index in [1.165, 1.54) is 24.3 Å². The molecule has 0 aliphatic heterocycles. The molecule has 1 aromatic heterocycles. The van der Waals surface area contributed by atoms with Crippen LogP contribution >= 0.6 is 0 Å². The molecule has 0 aliphatic rings. The molecule has 0 unspecified atom stereocenters. The summed E-state index contributed by atoms with van der Waals surface area (Å²) < 4.78 is 14.2. The van der Waals surface area contributed by atoms with Gasteiger partial charge < -0.3 is 5.73 Å². The molecule has 1 heterocycles. The fourth-order valence-corrected chi connectivity index (χ4v) is 1.67. The van der Waals surface area contributed by atoms with Crippen LogP contribution < -0.4 is 5.73 Å². The second kappa shape index (κ2) is 4.50. The number of rotatable bonds is 1. The number of hydrogen-bond acceptors (Lipinski definition) is 3. The van der Waals surface area contributed by atoms with Crippen LogP contribution in [-0.4, -0.2) is 15.7 Å². The monoisotopic (exact) mass is 261 g/mol. The lowest BCUT2D eigenvalue weighted by Crippen LogP contribution is -2.18. The number of hydrogen-bond donors (Lipinski definition) is 1. The summed E-state index contributed by atoms with van der Waals surface area (Å²) in [6.07, 6.45) is 0. The van der Waals surface area contributed by atoms with E-state index in [9.17, 15) is 9.18 Å². The van der Waals surface area contributed by atoms with Gasteiger partial charge in [-0.2, -0.15) is 9.78 Å². The van der Waals surface area contributed by atoms with E-state index < -0.39 is 11.7 Å². The molecule has 0 atom stereocenters. The van der Waals surface area contributed by atoms with Gasteiger partial charge >= 0.3 is 0 Å². The van der Waals surface area contributed by atoms with Crippen molar-refractivity contribution in [2.45, 2.75) is 26.2 Å². The average molecular weight is 261 g/mol. The Hall–Kier alpha value is -2.17. The van der Waals surface area contributed by atoms with E-state index in [1.54, 1.807) is 6.07 Å². The molecule has 2 N–H and O–H groups in total. The predicted molar refractivity (Wildman–Crippen MR) is 71.5 cm³/mol. The zero-order chi connectivity index (χ0) is 14.2. The standard InChI is InChI=1S/C14H16FN3O/c1-14(2,3)11-8-12(16)18(17-11)13(19)9-5-4-6-10(15)7-9/h4-8H,16H2,1-3H3. The van der Waals surface area contributed by atoms with Crippen LogP contribution in [-0.2, 0) is 5.41 Å². The third-order valence-corrected chi connectivity index (χ3v) is 2.77. The van der Waals surface area contributed by atoms with Crippen molar-refractivity contribution in [1.29, 1.82) is 0 Å². The number of nitrogens with zero attached hydrogens (tertiary/aromatic N) is 2. The van der Waals surface area contributed by atoms with Crippen molar-refractivity contribution in [3.05, 3.63) is 47.4 Å². The highest BCUT2D eigenvalue weighted by Crippen LogP contribution is 2.23. The fraction of sp³-hybridized carbons (Fsp3) is 0.286. The Balaban J connectivity index is 2.43. The van der Waals surface area contributed by atoms with Gasteiger partial charge in [-0.1, -0.05) is 26.8 Å². The van der Waals surface area contributed by atoms with Crippen molar-refractivity contribution < 1.29 is 9.18 Å². The Morgan fingerprint density at radius 3 is 2.53 bits per heavy atom. The van der Waals surface area contributed by atoms with Crippen LogP contribution in [0.15, 0.2) is 30.3 Å². The van der Waals surface area contributed by atoms with Crippen LogP contribution in [0, 0.1) is 5.82 Å². The van der Waals surface area contributed by atoms with E-state index in [0.717, 1.165) is 10.4 Å². The van der Waals surface area contributed by atoms with Gasteiger partial charge in [-0.15, -0.1) is 0 Å². The summed E-state index contributed by atoms with van der Waals surface area (Å²) in [7, 11) is 0. The number of nitrogen functional groups attached to an aromatic ring is 1. The van der Waals surface area contributed by atoms with Gasteiger partial charge in [0.1, 0.15) is 11.6 Å². The minimum Gasteiger partial charge on any atom is -0.383 e. The minimum atomic E-state index is -0.465. The summed E-state index contributed by atoms with van der Waals surface area (Å²) in [5.41, 5.74) is 6.53. The SMILES string of the molecule is CC(C)(C)c1cc(N)n(C(=O)c2cccc(F)c2)n1. The van der Waals surface area contributed by atoms with Crippen LogP contribution in [0.4, 0.5) is 10.2 Å². The highest BCUT2D eigenvalue weighted by molar-refractivity contribution is 5.97. The van der Waals surface area contributed by atoms with E-state index in [1.807, 2.05) is 20.8 Å². The highest BCUT2D eigenvalue weighted by atomic mass is 19.1. The number of carbonyl (C=O) groups is 1. The summed E-state index contributed by atoms with van der Waals surface area (Å²) in [5, 5.41) is 4.21. The molecule has 4 nitrogen and oxygen atoms in total. The zero-order valence-corrected chi connectivity index (χ0v) is 11.1. The molecule has 1 aromatic carbocycles. The Bertz CT molecular complexity index is 626. The number of halogens is 1. The van der Waals surface area contributed by atoms with Gasteiger partial charge in [0, 0.05) is 17.0 Å². The zero-order valence-electron chi connectivity index (χ0n) is 11.1. The normalized spacial score (nSPS) is 11.6. The number of benzene rings is 1. The van der Waals surface area contributed by atoms with E-state index >= 15 is 0 Å². The summed E-state index contributed by atoms with van der Waals surface area (Å²) in [6, 6.07) is 7.12. The van der Waals surface area contributed by atoms with Crippen LogP contribution in [0.5, 0.6) is 0 Å². The maximum atomic E-state index is 13.1. The minimum absolute atomic E-state index is 0.207. The number of aromatic nitrogens is 2. The number of nitrogens with two attached hydrogens (primary N) is 1. The lowest BCUT2D eigenvalue weighted by atomic mass is 9.92. The second-order valence-corrected chi connectivity index (χ2v) is 5.43. The van der Waals surface area contributed by atoms with Gasteiger partial charge in [-0.3, -0.25) is 4.79 Å². The second-order valence-electron chi connectivity index (χ2n) is 5.43. The largest absolute Gasteiger partial charge is 0.383 e. The molecule has 0 bridgehead atoms. The van der Waals surface area contributed by atoms with Gasteiger partial charge in [0.25, 0.3) is 5.91 Å². The smallest absolute Gasteiger partial charge is 0.280 e. The molecular weight excluding hydrogens is 245 g/mol. The lowest BCUT2D eigenvalue weighted by molar-refractivity contribution is 0.0946. The molecule has 100 valence electrons. The maximum absolute atomic E-state index is 13.1. The van der Waals surface area contributed by atoms with E-state index in [4.69, 9.17) is 5.73 Å². The van der Waals surface area contributed by atoms with E-state index in [0.29, 0.717) is 0 Å². The van der Waals surface area contributed by atoms with E-state index in [2.05, 4.69) is 5.10 Å². The van der Waals surface area contributed by atoms with Gasteiger partial charge in [0.2, 0.25) is 0 Å². The lowest BCUT2D eigenvalue weighted by Gasteiger charge is -2.13. The first-order valence-corrected chi connectivity index (χ1v) is 5.95. The molecule has 0 saturated carbocycles. The molecule has 0 radical (unpaired) electrons. The van der Waals surface area contributed by atoms with Gasteiger partial charge in [0.05, 0.1) is 5.69 Å². The fourth-order valence-electron chi connectivity index (χ4n) is 1.67. The van der Waals surface area contributed by atoms with Crippen LogP contribution in [0.1, 0.15) is 36.8 Å². The molecule has 5 heteroatoms. The van der Waals surface area contributed by atoms with Crippen LogP contribution in [0.2, 0.25) is 0 Å². The number of anilines is 1. The van der Waals surface area contributed by atoms with Gasteiger partial charge in [0.15, 0.2) is 0 Å². The van der Waals surface area contributed by atoms with E-state index in [-0.39, 0.29) is 16.8 Å². The van der Waals surface area contributed by atoms with Gasteiger partial charge in [-0.05, 0) is 18.2 Å². The maximum Gasteiger partial charge on any atom is 0.280 e. The van der Waals surface area contributed by atoms with Crippen molar-refractivity contribution in [1.82, 2.24) is 9.78 Å². The summed E-state index contributed by atoms with van der Waals surface area (Å²) in [4.78, 5) is 12.2. The first-order valence-electron chi connectivity index (χ1n) is 5.95. The summed E-state index contributed by atoms with van der Waals surface area (Å²) in [6.45, 7) is 5.93. The van der Waals surface area contributed by atoms with Crippen LogP contribution in [0.25, 0.3) is 0 Å². The van der Waals surface area contributed by atoms with Crippen molar-refractivity contribution in [2.75, 3.05) is 5.73 Å². The molecular formula is C14H16FN3O. The number of carbonyl (C=O) groups excluding carboxylic acids is 1. The first kappa shape index (κ1) is 13.3. The van der Waals surface area contributed by atoms with Crippen molar-refractivity contribution in [3.8, 4) is 0 Å². The molecule has 0 spiro atoms. The topological polar surface area (TPSA) is 60.9 Å². The molecule has 2 aromatic rings. The highest BCUT2D eigenvalue weighted by Gasteiger charge is 2.22. The predicted octanol–water partition coefficient (Wildman–Crippen LogP) is 2.59. The van der Waals surface area contributed by atoms with Crippen molar-refractivity contribution in [3.63, 3.8) is 0 Å². The third kappa shape index (κ3) is 2.65. The average Bonchev–Trinajstić information content (AvgIpc) is 2.70. The molecule has 0 aliphatic carbocycles. The Kier molecular flexibility index (Phi) is 3.14. The Morgan fingerprint density at radius 2 is 2.00 bits per heavy atom. The molecule has 0 amide bonds. The molecule has 19 heavy (non-hydrogen) atoms. The van der Waals surface area contributed by atoms with Crippen LogP contribution in [0.3, 0.4) is 0 Å². The Morgan fingerprint density at radius 1 is 1.32 bits per heavy atom. The molecule has 0 fully saturated rings. The quantitative estimate of drug-likeness (QED) is 0.858. The summed E-state index contributed by atoms with van der Waals surface area (Å²) in [5.74, 6) is -0.653. The van der Waals surface area contributed by atoms with Gasteiger partial charge in [-0.25, -0.2) is 4.39 Å². The van der Waals surface area contributed by atoms with Crippen molar-refractivity contribution in [2.24, 2.45) is 0 Å². The third-order valence-electron chi connectivity index (χ3n) is 2.77. The molecule has 2 rings (SSSR count). The Labute approximate surface area is 111 Å². The summed E-state index contributed by atoms with van der Waals surface area (Å²) >= 11 is 0. The first-order chi connectivity index (χ1) is 8.79. The van der Waals surface area contributed by atoms with Crippen molar-refractivity contribution >= 4 is 11.7 Å². The molecule has 0 saturated heterocycles.